The quantitative estimate of drug-likeness (QED) is 0.0715. The van der Waals surface area contributed by atoms with Crippen LogP contribution in [-0.4, -0.2) is 93.5 Å². The number of likely N-dealkylation sites (N-methyl/N-ethyl adjacent to an activating group) is 2. The van der Waals surface area contributed by atoms with E-state index in [1.165, 1.54) is 3.57 Å². The van der Waals surface area contributed by atoms with Gasteiger partial charge in [0.15, 0.2) is 0 Å². The Balaban J connectivity index is 1.03. The number of rotatable bonds is 15. The van der Waals surface area contributed by atoms with Crippen LogP contribution in [0.25, 0.3) is 32.7 Å². The fourth-order valence-electron chi connectivity index (χ4n) is 5.01. The summed E-state index contributed by atoms with van der Waals surface area (Å²) in [5.41, 5.74) is 4.94. The highest BCUT2D eigenvalue weighted by Crippen LogP contribution is 2.34. The number of nitrogens with one attached hydrogen (secondary N) is 2. The maximum Gasteiger partial charge on any atom is 0.119 e. The zero-order chi connectivity index (χ0) is 30.2. The van der Waals surface area contributed by atoms with Crippen LogP contribution in [0.5, 0.6) is 5.75 Å². The lowest BCUT2D eigenvalue weighted by molar-refractivity contribution is 0.116. The smallest absolute Gasteiger partial charge is 0.119 e. The van der Waals surface area contributed by atoms with Crippen molar-refractivity contribution in [2.45, 2.75) is 0 Å². The lowest BCUT2D eigenvalue weighted by Crippen LogP contribution is -2.35. The largest absolute Gasteiger partial charge is 0.497 e. The van der Waals surface area contributed by atoms with Crippen LogP contribution in [0.4, 0.5) is 11.4 Å². The van der Waals surface area contributed by atoms with Gasteiger partial charge < -0.3 is 29.9 Å². The van der Waals surface area contributed by atoms with Crippen molar-refractivity contribution in [2.75, 3.05) is 84.3 Å². The highest BCUT2D eigenvalue weighted by atomic mass is 127. The molecule has 0 amide bonds. The molecule has 10 heteroatoms. The maximum absolute atomic E-state index is 6.27. The Hall–Kier alpha value is -2.96. The molecule has 0 aliphatic carbocycles. The number of hydrogen-bond acceptors (Lipinski definition) is 8. The van der Waals surface area contributed by atoms with Crippen LogP contribution >= 0.6 is 34.2 Å². The molecule has 2 N–H and O–H groups in total. The second kappa shape index (κ2) is 15.2. The standard InChI is InChI=1S/C33H38ClIN6O2/c1-40(14-12-38-33-27-7-4-23(34)20-32(27)39-30-9-6-25(42-3)22-28(30)33)15-16-41(2)17-19-43-18-13-37-29-10-11-36-31-21-24(35)5-8-26(29)31/h4-11,20-22H,12-19H2,1-3H3,(H,36,37)(H,38,39). The predicted octanol–water partition coefficient (Wildman–Crippen LogP) is 6.61. The molecule has 5 rings (SSSR count). The summed E-state index contributed by atoms with van der Waals surface area (Å²) in [6.45, 7) is 6.65. The van der Waals surface area contributed by atoms with Crippen LogP contribution in [0.1, 0.15) is 0 Å². The summed E-state index contributed by atoms with van der Waals surface area (Å²) in [5.74, 6) is 0.809. The van der Waals surface area contributed by atoms with Crippen molar-refractivity contribution >= 4 is 78.3 Å². The van der Waals surface area contributed by atoms with E-state index in [4.69, 9.17) is 26.1 Å². The van der Waals surface area contributed by atoms with E-state index in [0.29, 0.717) is 18.2 Å². The predicted molar refractivity (Wildman–Crippen MR) is 188 cm³/mol. The molecule has 0 aliphatic heterocycles. The Morgan fingerprint density at radius 1 is 0.767 bits per heavy atom. The number of hydrogen-bond donors (Lipinski definition) is 2. The number of fused-ring (bicyclic) bond motifs is 3. The molecule has 8 nitrogen and oxygen atoms in total. The monoisotopic (exact) mass is 712 g/mol. The molecule has 0 aliphatic rings. The van der Waals surface area contributed by atoms with E-state index >= 15 is 0 Å². The Morgan fingerprint density at radius 3 is 2.42 bits per heavy atom. The molecule has 0 unspecified atom stereocenters. The molecule has 43 heavy (non-hydrogen) atoms. The number of halogens is 2. The van der Waals surface area contributed by atoms with Gasteiger partial charge in [0.25, 0.3) is 0 Å². The van der Waals surface area contributed by atoms with E-state index < -0.39 is 0 Å². The van der Waals surface area contributed by atoms with E-state index in [0.717, 1.165) is 89.1 Å². The third-order valence-electron chi connectivity index (χ3n) is 7.49. The van der Waals surface area contributed by atoms with Crippen molar-refractivity contribution in [1.29, 1.82) is 0 Å². The normalized spacial score (nSPS) is 11.7. The minimum Gasteiger partial charge on any atom is -0.497 e. The lowest BCUT2D eigenvalue weighted by Gasteiger charge is -2.22. The van der Waals surface area contributed by atoms with E-state index in [1.807, 2.05) is 48.7 Å². The van der Waals surface area contributed by atoms with Gasteiger partial charge in [-0.05, 0) is 97.3 Å². The molecule has 0 saturated heterocycles. The zero-order valence-corrected chi connectivity index (χ0v) is 27.8. The molecular weight excluding hydrogens is 675 g/mol. The number of benzene rings is 3. The summed E-state index contributed by atoms with van der Waals surface area (Å²) in [6.07, 6.45) is 1.85. The number of methoxy groups -OCH3 is 1. The SMILES string of the molecule is COc1ccc2nc3cc(Cl)ccc3c(NCCN(C)CCN(C)CCOCCNc3ccnc4cc(I)ccc34)c2c1. The fraction of sp³-hybridized carbons (Fsp3) is 0.333. The average Bonchev–Trinajstić information content (AvgIpc) is 3.00. The van der Waals surface area contributed by atoms with E-state index in [2.05, 4.69) is 80.3 Å². The second-order valence-corrected chi connectivity index (χ2v) is 12.3. The number of nitrogens with zero attached hydrogens (tertiary/aromatic N) is 4. The minimum atomic E-state index is 0.657. The van der Waals surface area contributed by atoms with Crippen LogP contribution in [0.3, 0.4) is 0 Å². The number of aromatic nitrogens is 2. The Morgan fingerprint density at radius 2 is 1.58 bits per heavy atom. The summed E-state index contributed by atoms with van der Waals surface area (Å²) in [5, 5.41) is 11.1. The minimum absolute atomic E-state index is 0.657. The number of pyridine rings is 2. The Labute approximate surface area is 271 Å². The second-order valence-electron chi connectivity index (χ2n) is 10.6. The van der Waals surface area contributed by atoms with Crippen molar-refractivity contribution in [1.82, 2.24) is 19.8 Å². The molecule has 2 aromatic heterocycles. The Bertz CT molecular complexity index is 1690. The number of anilines is 2. The van der Waals surface area contributed by atoms with Crippen molar-refractivity contribution < 1.29 is 9.47 Å². The van der Waals surface area contributed by atoms with Crippen LogP contribution in [-0.2, 0) is 4.74 Å². The van der Waals surface area contributed by atoms with Crippen LogP contribution in [0.2, 0.25) is 5.02 Å². The molecule has 0 spiro atoms. The van der Waals surface area contributed by atoms with Gasteiger partial charge in [-0.3, -0.25) is 4.98 Å². The topological polar surface area (TPSA) is 74.8 Å². The fourth-order valence-corrected chi connectivity index (χ4v) is 5.65. The average molecular weight is 713 g/mol. The van der Waals surface area contributed by atoms with Gasteiger partial charge >= 0.3 is 0 Å². The zero-order valence-electron chi connectivity index (χ0n) is 24.9. The van der Waals surface area contributed by atoms with Gasteiger partial charge in [-0.1, -0.05) is 11.6 Å². The third kappa shape index (κ3) is 8.36. The van der Waals surface area contributed by atoms with Gasteiger partial charge in [0, 0.05) is 75.9 Å². The molecule has 226 valence electrons. The van der Waals surface area contributed by atoms with Gasteiger partial charge in [0.1, 0.15) is 5.75 Å². The molecule has 0 saturated carbocycles. The molecule has 3 aromatic carbocycles. The summed E-state index contributed by atoms with van der Waals surface area (Å²) >= 11 is 8.59. The molecule has 2 heterocycles. The molecule has 5 aromatic rings. The van der Waals surface area contributed by atoms with Gasteiger partial charge in [0.05, 0.1) is 42.6 Å². The van der Waals surface area contributed by atoms with Gasteiger partial charge in [-0.25, -0.2) is 4.98 Å². The summed E-state index contributed by atoms with van der Waals surface area (Å²) < 4.78 is 12.6. The van der Waals surface area contributed by atoms with E-state index in [1.54, 1.807) is 7.11 Å². The first-order chi connectivity index (χ1) is 20.9. The first kappa shape index (κ1) is 31.5. The van der Waals surface area contributed by atoms with Gasteiger partial charge in [0.2, 0.25) is 0 Å². The maximum atomic E-state index is 6.27. The highest BCUT2D eigenvalue weighted by molar-refractivity contribution is 14.1. The van der Waals surface area contributed by atoms with Crippen LogP contribution < -0.4 is 15.4 Å². The summed E-state index contributed by atoms with van der Waals surface area (Å²) in [7, 11) is 5.99. The van der Waals surface area contributed by atoms with Crippen molar-refractivity contribution in [3.05, 3.63) is 75.5 Å². The van der Waals surface area contributed by atoms with Crippen LogP contribution in [0.15, 0.2) is 66.9 Å². The highest BCUT2D eigenvalue weighted by Gasteiger charge is 2.11. The molecule has 0 fully saturated rings. The molecule has 0 radical (unpaired) electrons. The summed E-state index contributed by atoms with van der Waals surface area (Å²) in [4.78, 5) is 14.0. The van der Waals surface area contributed by atoms with E-state index in [9.17, 15) is 0 Å². The lowest BCUT2D eigenvalue weighted by atomic mass is 10.1. The first-order valence-electron chi connectivity index (χ1n) is 14.4. The van der Waals surface area contributed by atoms with Crippen molar-refractivity contribution in [3.8, 4) is 5.75 Å². The van der Waals surface area contributed by atoms with Crippen molar-refractivity contribution in [2.24, 2.45) is 0 Å². The molecule has 0 atom stereocenters. The summed E-state index contributed by atoms with van der Waals surface area (Å²) in [6, 6.07) is 20.2. The van der Waals surface area contributed by atoms with Crippen LogP contribution in [0, 0.1) is 3.57 Å². The number of ether oxygens (including phenoxy) is 2. The molecule has 0 bridgehead atoms. The van der Waals surface area contributed by atoms with E-state index in [-0.39, 0.29) is 0 Å². The van der Waals surface area contributed by atoms with Crippen molar-refractivity contribution in [3.63, 3.8) is 0 Å². The third-order valence-corrected chi connectivity index (χ3v) is 8.39. The van der Waals surface area contributed by atoms with Gasteiger partial charge in [-0.2, -0.15) is 0 Å². The molecular formula is C33H38ClIN6O2. The van der Waals surface area contributed by atoms with Gasteiger partial charge in [-0.15, -0.1) is 0 Å². The Kier molecular flexibility index (Phi) is 11.1. The first-order valence-corrected chi connectivity index (χ1v) is 15.9.